The van der Waals surface area contributed by atoms with Gasteiger partial charge in [-0.05, 0) is 29.8 Å². The lowest BCUT2D eigenvalue weighted by molar-refractivity contribution is -0.116. The summed E-state index contributed by atoms with van der Waals surface area (Å²) < 4.78 is 6.72. The zero-order valence-corrected chi connectivity index (χ0v) is 18.8. The molecule has 29 heavy (non-hydrogen) atoms. The average Bonchev–Trinajstić information content (AvgIpc) is 2.75. The molecule has 0 saturated carbocycles. The first-order valence-corrected chi connectivity index (χ1v) is 13.0. The van der Waals surface area contributed by atoms with Gasteiger partial charge in [0.15, 0.2) is 0 Å². The minimum Gasteiger partial charge on any atom is -0.415 e. The van der Waals surface area contributed by atoms with Gasteiger partial charge in [0.25, 0.3) is 0 Å². The Hall–Kier alpha value is -2.49. The molecule has 0 heterocycles. The Kier molecular flexibility index (Phi) is 6.20. The van der Waals surface area contributed by atoms with Crippen LogP contribution >= 0.6 is 0 Å². The van der Waals surface area contributed by atoms with Crippen LogP contribution in [0.3, 0.4) is 0 Å². The molecule has 0 aliphatic carbocycles. The predicted octanol–water partition coefficient (Wildman–Crippen LogP) is 6.01. The highest BCUT2D eigenvalue weighted by atomic mass is 28.4. The van der Waals surface area contributed by atoms with Crippen molar-refractivity contribution in [2.24, 2.45) is 5.41 Å². The highest BCUT2D eigenvalue weighted by Crippen LogP contribution is 2.47. The molecule has 0 unspecified atom stereocenters. The number of hydrogen-bond acceptors (Lipinski definition) is 2. The van der Waals surface area contributed by atoms with Crippen molar-refractivity contribution in [1.82, 2.24) is 0 Å². The van der Waals surface area contributed by atoms with Gasteiger partial charge in [-0.3, -0.25) is 0 Å². The molecule has 3 heteroatoms. The molecule has 3 aromatic rings. The second kappa shape index (κ2) is 8.48. The molecule has 0 atom stereocenters. The second-order valence-electron chi connectivity index (χ2n) is 8.75. The van der Waals surface area contributed by atoms with E-state index in [1.165, 1.54) is 16.7 Å². The highest BCUT2D eigenvalue weighted by molar-refractivity contribution is 6.76. The van der Waals surface area contributed by atoms with Gasteiger partial charge in [0.2, 0.25) is 8.32 Å². The van der Waals surface area contributed by atoms with Crippen LogP contribution in [0, 0.1) is 5.41 Å². The number of aldehydes is 1. The Morgan fingerprint density at radius 3 is 1.38 bits per heavy atom. The van der Waals surface area contributed by atoms with Crippen LogP contribution in [0.25, 0.3) is 0 Å². The summed E-state index contributed by atoms with van der Waals surface area (Å²) in [5, 5.41) is -0.407. The molecule has 0 spiro atoms. The summed E-state index contributed by atoms with van der Waals surface area (Å²) in [5.41, 5.74) is 3.15. The van der Waals surface area contributed by atoms with Gasteiger partial charge in [0.05, 0.1) is 5.04 Å². The number of benzene rings is 3. The molecule has 0 radical (unpaired) electrons. The van der Waals surface area contributed by atoms with E-state index >= 15 is 0 Å². The zero-order chi connectivity index (χ0) is 21.0. The SMILES string of the molecule is CC(C)(C=O)CO[Si](C)(C)C(c1ccccc1)(c1ccccc1)c1ccccc1. The number of carbonyl (C=O) groups is 1. The van der Waals surface area contributed by atoms with Crippen molar-refractivity contribution in [3.05, 3.63) is 108 Å². The highest BCUT2D eigenvalue weighted by Gasteiger charge is 2.52. The fourth-order valence-corrected chi connectivity index (χ4v) is 7.65. The molecular formula is C26H30O2Si. The van der Waals surface area contributed by atoms with Gasteiger partial charge < -0.3 is 9.22 Å². The number of carbonyl (C=O) groups excluding carboxylic acids is 1. The number of rotatable bonds is 8. The first-order valence-electron chi connectivity index (χ1n) is 10.1. The minimum absolute atomic E-state index is 0.407. The fourth-order valence-electron chi connectivity index (χ4n) is 4.12. The molecule has 0 aliphatic rings. The first kappa shape index (κ1) is 21.2. The minimum atomic E-state index is -2.49. The quantitative estimate of drug-likeness (QED) is 0.262. The smallest absolute Gasteiger partial charge is 0.205 e. The standard InChI is InChI=1S/C26H30O2Si/c1-25(2,20-27)21-28-29(3,4)26(22-14-8-5-9-15-22,23-16-10-6-11-17-23)24-18-12-7-13-19-24/h5-20H,21H2,1-4H3. The summed E-state index contributed by atoms with van der Waals surface area (Å²) in [6.45, 7) is 8.80. The second-order valence-corrected chi connectivity index (χ2v) is 12.8. The Balaban J connectivity index is 2.29. The third-order valence-corrected chi connectivity index (χ3v) is 9.19. The van der Waals surface area contributed by atoms with Crippen LogP contribution < -0.4 is 0 Å². The van der Waals surface area contributed by atoms with E-state index in [9.17, 15) is 4.79 Å². The fraction of sp³-hybridized carbons (Fsp3) is 0.269. The monoisotopic (exact) mass is 402 g/mol. The molecule has 150 valence electrons. The van der Waals surface area contributed by atoms with Crippen LogP contribution in [0.2, 0.25) is 13.1 Å². The Bertz CT molecular complexity index is 822. The van der Waals surface area contributed by atoms with E-state index in [-0.39, 0.29) is 0 Å². The molecule has 3 rings (SSSR count). The van der Waals surface area contributed by atoms with Gasteiger partial charge in [-0.15, -0.1) is 0 Å². The molecule has 0 bridgehead atoms. The third kappa shape index (κ3) is 4.12. The van der Waals surface area contributed by atoms with Crippen LogP contribution in [0.1, 0.15) is 30.5 Å². The van der Waals surface area contributed by atoms with Gasteiger partial charge in [0.1, 0.15) is 6.29 Å². The van der Waals surface area contributed by atoms with Gasteiger partial charge in [-0.1, -0.05) is 105 Å². The molecule has 0 aliphatic heterocycles. The summed E-state index contributed by atoms with van der Waals surface area (Å²) in [5.74, 6) is 0. The van der Waals surface area contributed by atoms with Crippen molar-refractivity contribution in [2.75, 3.05) is 6.61 Å². The predicted molar refractivity (Wildman–Crippen MR) is 122 cm³/mol. The van der Waals surface area contributed by atoms with Crippen LogP contribution in [0.15, 0.2) is 91.0 Å². The average molecular weight is 403 g/mol. The summed E-state index contributed by atoms with van der Waals surface area (Å²) >= 11 is 0. The van der Waals surface area contributed by atoms with Crippen LogP contribution in [-0.4, -0.2) is 21.2 Å². The largest absolute Gasteiger partial charge is 0.415 e. The maximum atomic E-state index is 11.5. The first-order chi connectivity index (χ1) is 13.8. The zero-order valence-electron chi connectivity index (χ0n) is 17.8. The van der Waals surface area contributed by atoms with Gasteiger partial charge in [-0.2, -0.15) is 0 Å². The lowest BCUT2D eigenvalue weighted by Crippen LogP contribution is -2.56. The molecular weight excluding hydrogens is 372 g/mol. The molecule has 0 N–H and O–H groups in total. The molecule has 3 aromatic carbocycles. The molecule has 0 aromatic heterocycles. The number of hydrogen-bond donors (Lipinski definition) is 0. The van der Waals surface area contributed by atoms with E-state index in [0.29, 0.717) is 6.61 Å². The van der Waals surface area contributed by atoms with E-state index in [1.54, 1.807) is 0 Å². The van der Waals surface area contributed by atoms with Crippen molar-refractivity contribution in [1.29, 1.82) is 0 Å². The van der Waals surface area contributed by atoms with Crippen LogP contribution in [0.5, 0.6) is 0 Å². The van der Waals surface area contributed by atoms with E-state index in [4.69, 9.17) is 4.43 Å². The summed E-state index contributed by atoms with van der Waals surface area (Å²) in [7, 11) is -2.49. The topological polar surface area (TPSA) is 26.3 Å². The van der Waals surface area contributed by atoms with Gasteiger partial charge in [-0.25, -0.2) is 0 Å². The lowest BCUT2D eigenvalue weighted by atomic mass is 9.84. The van der Waals surface area contributed by atoms with Crippen LogP contribution in [0.4, 0.5) is 0 Å². The van der Waals surface area contributed by atoms with Crippen molar-refractivity contribution in [3.8, 4) is 0 Å². The van der Waals surface area contributed by atoms with Crippen molar-refractivity contribution < 1.29 is 9.22 Å². The Labute approximate surface area is 175 Å². The van der Waals surface area contributed by atoms with E-state index in [2.05, 4.69) is 104 Å². The molecule has 0 fully saturated rings. The Morgan fingerprint density at radius 2 is 1.07 bits per heavy atom. The van der Waals surface area contributed by atoms with Gasteiger partial charge >= 0.3 is 0 Å². The van der Waals surface area contributed by atoms with Gasteiger partial charge in [0, 0.05) is 12.0 Å². The summed E-state index contributed by atoms with van der Waals surface area (Å²) in [6.07, 6.45) is 0.993. The van der Waals surface area contributed by atoms with Crippen molar-refractivity contribution in [3.63, 3.8) is 0 Å². The lowest BCUT2D eigenvalue weighted by Gasteiger charge is -2.47. The third-order valence-electron chi connectivity index (χ3n) is 5.65. The van der Waals surface area contributed by atoms with Crippen molar-refractivity contribution >= 4 is 14.6 Å². The molecule has 0 saturated heterocycles. The van der Waals surface area contributed by atoms with E-state index in [1.807, 2.05) is 13.8 Å². The van der Waals surface area contributed by atoms with E-state index < -0.39 is 18.8 Å². The van der Waals surface area contributed by atoms with Crippen LogP contribution in [-0.2, 0) is 14.3 Å². The summed E-state index contributed by atoms with van der Waals surface area (Å²) in [6, 6.07) is 31.9. The maximum absolute atomic E-state index is 11.5. The normalized spacial score (nSPS) is 12.6. The van der Waals surface area contributed by atoms with Crippen molar-refractivity contribution in [2.45, 2.75) is 32.0 Å². The molecule has 2 nitrogen and oxygen atoms in total. The molecule has 0 amide bonds. The maximum Gasteiger partial charge on any atom is 0.205 e. The van der Waals surface area contributed by atoms with E-state index in [0.717, 1.165) is 6.29 Å². The Morgan fingerprint density at radius 1 is 0.724 bits per heavy atom. The summed E-state index contributed by atoms with van der Waals surface area (Å²) in [4.78, 5) is 11.5.